The zero-order valence-electron chi connectivity index (χ0n) is 15.4. The van der Waals surface area contributed by atoms with E-state index in [2.05, 4.69) is 4.98 Å². The van der Waals surface area contributed by atoms with Gasteiger partial charge in [0.2, 0.25) is 5.91 Å². The molecule has 1 aliphatic rings. The molecule has 3 rings (SSSR count). The van der Waals surface area contributed by atoms with E-state index in [4.69, 9.17) is 4.74 Å². The van der Waals surface area contributed by atoms with E-state index in [1.165, 1.54) is 0 Å². The summed E-state index contributed by atoms with van der Waals surface area (Å²) in [5.74, 6) is 0.794. The number of carbonyl (C=O) groups excluding carboxylic acids is 2. The Bertz CT molecular complexity index is 813. The van der Waals surface area contributed by atoms with Crippen molar-refractivity contribution >= 4 is 11.8 Å². The van der Waals surface area contributed by atoms with Crippen molar-refractivity contribution in [2.45, 2.75) is 19.4 Å². The molecule has 0 radical (unpaired) electrons. The number of rotatable bonds is 4. The second-order valence-electron chi connectivity index (χ2n) is 6.73. The van der Waals surface area contributed by atoms with Gasteiger partial charge in [0.15, 0.2) is 0 Å². The fourth-order valence-corrected chi connectivity index (χ4v) is 2.94. The first-order chi connectivity index (χ1) is 12.4. The van der Waals surface area contributed by atoms with Crippen LogP contribution < -0.4 is 4.74 Å². The summed E-state index contributed by atoms with van der Waals surface area (Å²) < 4.78 is 7.55. The van der Waals surface area contributed by atoms with Crippen molar-refractivity contribution in [3.63, 3.8) is 0 Å². The summed E-state index contributed by atoms with van der Waals surface area (Å²) in [5.41, 5.74) is 2.46. The number of hydrogen-bond acceptors (Lipinski definition) is 4. The van der Waals surface area contributed by atoms with Gasteiger partial charge >= 0.3 is 0 Å². The Hall–Kier alpha value is -2.83. The van der Waals surface area contributed by atoms with Gasteiger partial charge in [-0.05, 0) is 18.1 Å². The molecule has 26 heavy (non-hydrogen) atoms. The van der Waals surface area contributed by atoms with Gasteiger partial charge in [0.25, 0.3) is 5.91 Å². The normalized spacial score (nSPS) is 13.6. The number of carbonyl (C=O) groups is 2. The summed E-state index contributed by atoms with van der Waals surface area (Å²) in [6.45, 7) is 1.43. The lowest BCUT2D eigenvalue weighted by Crippen LogP contribution is -2.32. The molecule has 0 spiro atoms. The predicted octanol–water partition coefficient (Wildman–Crippen LogP) is 1.48. The average molecular weight is 356 g/mol. The van der Waals surface area contributed by atoms with Crippen LogP contribution in [0.3, 0.4) is 0 Å². The van der Waals surface area contributed by atoms with E-state index in [1.54, 1.807) is 41.0 Å². The number of ether oxygens (including phenoxy) is 1. The van der Waals surface area contributed by atoms with Crippen LogP contribution in [-0.4, -0.2) is 58.4 Å². The van der Waals surface area contributed by atoms with Crippen LogP contribution in [0.15, 0.2) is 30.7 Å². The van der Waals surface area contributed by atoms with Crippen molar-refractivity contribution in [1.29, 1.82) is 0 Å². The van der Waals surface area contributed by atoms with Crippen LogP contribution in [0, 0.1) is 0 Å². The fraction of sp³-hybridized carbons (Fsp3) is 0.421. The topological polar surface area (TPSA) is 67.7 Å². The first-order valence-corrected chi connectivity index (χ1v) is 8.66. The van der Waals surface area contributed by atoms with Crippen LogP contribution in [0.2, 0.25) is 0 Å². The number of nitrogens with zero attached hydrogens (tertiary/aromatic N) is 4. The lowest BCUT2D eigenvalue weighted by molar-refractivity contribution is -0.128. The molecule has 0 atom stereocenters. The van der Waals surface area contributed by atoms with E-state index >= 15 is 0 Å². The lowest BCUT2D eigenvalue weighted by Gasteiger charge is -2.18. The summed E-state index contributed by atoms with van der Waals surface area (Å²) >= 11 is 0. The molecular weight excluding hydrogens is 332 g/mol. The molecule has 2 aromatic rings. The maximum atomic E-state index is 12.7. The summed E-state index contributed by atoms with van der Waals surface area (Å²) in [6, 6.07) is 5.94. The third-order valence-corrected chi connectivity index (χ3v) is 4.44. The fourth-order valence-electron chi connectivity index (χ4n) is 2.94. The Kier molecular flexibility index (Phi) is 5.25. The van der Waals surface area contributed by atoms with E-state index in [1.807, 2.05) is 25.2 Å². The highest BCUT2D eigenvalue weighted by Crippen LogP contribution is 2.25. The van der Waals surface area contributed by atoms with Crippen LogP contribution >= 0.6 is 0 Å². The number of aromatic nitrogens is 2. The number of benzene rings is 1. The molecule has 1 aromatic carbocycles. The number of aryl methyl sites for hydroxylation is 2. The molecular formula is C19H24N4O3. The van der Waals surface area contributed by atoms with Gasteiger partial charge in [-0.15, -0.1) is 0 Å². The van der Waals surface area contributed by atoms with E-state index in [9.17, 15) is 9.59 Å². The van der Waals surface area contributed by atoms with E-state index in [-0.39, 0.29) is 11.8 Å². The minimum absolute atomic E-state index is 0.100. The smallest absolute Gasteiger partial charge is 0.274 e. The van der Waals surface area contributed by atoms with Gasteiger partial charge in [0, 0.05) is 45.9 Å². The molecule has 7 heteroatoms. The Balaban J connectivity index is 1.74. The van der Waals surface area contributed by atoms with Gasteiger partial charge in [-0.1, -0.05) is 12.1 Å². The van der Waals surface area contributed by atoms with Crippen LogP contribution in [0.25, 0.3) is 0 Å². The van der Waals surface area contributed by atoms with Gasteiger partial charge in [0.1, 0.15) is 18.1 Å². The monoisotopic (exact) mass is 356 g/mol. The molecule has 7 nitrogen and oxygen atoms in total. The van der Waals surface area contributed by atoms with Crippen molar-refractivity contribution in [2.75, 3.05) is 27.2 Å². The molecule has 0 saturated carbocycles. The molecule has 0 fully saturated rings. The molecule has 2 heterocycles. The van der Waals surface area contributed by atoms with Crippen molar-refractivity contribution in [3.8, 4) is 5.75 Å². The number of fused-ring (bicyclic) bond motifs is 1. The van der Waals surface area contributed by atoms with E-state index < -0.39 is 0 Å². The summed E-state index contributed by atoms with van der Waals surface area (Å²) in [7, 11) is 5.36. The third-order valence-electron chi connectivity index (χ3n) is 4.44. The molecule has 1 aliphatic heterocycles. The SMILES string of the molecule is CN(C)C(=O)CCc1ccc2c(c1)CN(C(=O)c1cn(C)cn1)CCO2. The Morgan fingerprint density at radius 1 is 1.31 bits per heavy atom. The van der Waals surface area contributed by atoms with E-state index in [0.717, 1.165) is 16.9 Å². The first-order valence-electron chi connectivity index (χ1n) is 8.66. The van der Waals surface area contributed by atoms with Gasteiger partial charge < -0.3 is 19.1 Å². The van der Waals surface area contributed by atoms with Crippen LogP contribution in [0.5, 0.6) is 5.75 Å². The van der Waals surface area contributed by atoms with Crippen molar-refractivity contribution in [2.24, 2.45) is 7.05 Å². The minimum atomic E-state index is -0.102. The second-order valence-corrected chi connectivity index (χ2v) is 6.73. The Morgan fingerprint density at radius 2 is 2.12 bits per heavy atom. The molecule has 0 N–H and O–H groups in total. The molecule has 0 saturated heterocycles. The van der Waals surface area contributed by atoms with Crippen molar-refractivity contribution < 1.29 is 14.3 Å². The number of imidazole rings is 1. The highest BCUT2D eigenvalue weighted by Gasteiger charge is 2.22. The maximum absolute atomic E-state index is 12.7. The third kappa shape index (κ3) is 4.04. The molecule has 0 bridgehead atoms. The number of hydrogen-bond donors (Lipinski definition) is 0. The highest BCUT2D eigenvalue weighted by molar-refractivity contribution is 5.92. The van der Waals surface area contributed by atoms with Gasteiger partial charge in [-0.2, -0.15) is 0 Å². The molecule has 138 valence electrons. The largest absolute Gasteiger partial charge is 0.491 e. The minimum Gasteiger partial charge on any atom is -0.491 e. The summed E-state index contributed by atoms with van der Waals surface area (Å²) in [6.07, 6.45) is 4.47. The van der Waals surface area contributed by atoms with Crippen molar-refractivity contribution in [1.82, 2.24) is 19.4 Å². The molecule has 1 aromatic heterocycles. The van der Waals surface area contributed by atoms with Crippen LogP contribution in [-0.2, 0) is 24.8 Å². The summed E-state index contributed by atoms with van der Waals surface area (Å²) in [4.78, 5) is 32.0. The summed E-state index contributed by atoms with van der Waals surface area (Å²) in [5, 5.41) is 0. The van der Waals surface area contributed by atoms with Crippen LogP contribution in [0.1, 0.15) is 28.0 Å². The zero-order chi connectivity index (χ0) is 18.7. The average Bonchev–Trinajstić information content (AvgIpc) is 2.94. The van der Waals surface area contributed by atoms with Crippen molar-refractivity contribution in [3.05, 3.63) is 47.5 Å². The quantitative estimate of drug-likeness (QED) is 0.832. The highest BCUT2D eigenvalue weighted by atomic mass is 16.5. The first kappa shape index (κ1) is 18.0. The second kappa shape index (κ2) is 7.59. The zero-order valence-corrected chi connectivity index (χ0v) is 15.4. The molecule has 2 amide bonds. The number of amides is 2. The predicted molar refractivity (Wildman–Crippen MR) is 96.9 cm³/mol. The van der Waals surface area contributed by atoms with Crippen LogP contribution in [0.4, 0.5) is 0 Å². The Morgan fingerprint density at radius 3 is 2.81 bits per heavy atom. The van der Waals surface area contributed by atoms with Gasteiger partial charge in [-0.3, -0.25) is 9.59 Å². The molecule has 0 aliphatic carbocycles. The maximum Gasteiger partial charge on any atom is 0.274 e. The Labute approximate surface area is 153 Å². The standard InChI is InChI=1S/C19H24N4O3/c1-21(2)18(24)7-5-14-4-6-17-15(10-14)11-23(8-9-26-17)19(25)16-12-22(3)13-20-16/h4,6,10,12-13H,5,7-9,11H2,1-3H3. The van der Waals surface area contributed by atoms with Gasteiger partial charge in [-0.25, -0.2) is 4.98 Å². The van der Waals surface area contributed by atoms with E-state index in [0.29, 0.717) is 38.2 Å². The lowest BCUT2D eigenvalue weighted by atomic mass is 10.0. The molecule has 0 unspecified atom stereocenters. The van der Waals surface area contributed by atoms with Gasteiger partial charge in [0.05, 0.1) is 12.9 Å².